The molecule has 1 aliphatic rings. The number of non-ortho nitro benzene ring substituents is 1. The van der Waals surface area contributed by atoms with Gasteiger partial charge < -0.3 is 20.9 Å². The molecule has 0 atom stereocenters. The molecule has 0 aliphatic carbocycles. The fourth-order valence-electron chi connectivity index (χ4n) is 2.91. The first kappa shape index (κ1) is 22.1. The van der Waals surface area contributed by atoms with Crippen molar-refractivity contribution in [2.75, 3.05) is 25.0 Å². The lowest BCUT2D eigenvalue weighted by atomic mass is 9.97. The SMILES string of the molecule is CC(C)(C)NC(=O)N1CCC(CNC(=O)C(=O)Nc2ccc([N+](=O)[O-])cc2)CC1. The number of nitro benzene ring substituents is 1. The molecule has 0 bridgehead atoms. The highest BCUT2D eigenvalue weighted by atomic mass is 16.6. The van der Waals surface area contributed by atoms with Crippen molar-refractivity contribution in [2.24, 2.45) is 5.92 Å². The van der Waals surface area contributed by atoms with Gasteiger partial charge in [-0.05, 0) is 51.7 Å². The Morgan fingerprint density at radius 3 is 2.21 bits per heavy atom. The minimum atomic E-state index is -0.833. The summed E-state index contributed by atoms with van der Waals surface area (Å²) in [5.74, 6) is -1.41. The molecule has 0 unspecified atom stereocenters. The Hall–Kier alpha value is -3.17. The maximum Gasteiger partial charge on any atom is 0.317 e. The van der Waals surface area contributed by atoms with E-state index in [0.29, 0.717) is 25.3 Å². The predicted octanol–water partition coefficient (Wildman–Crippen LogP) is 1.87. The van der Waals surface area contributed by atoms with Gasteiger partial charge in [0.15, 0.2) is 0 Å². The fraction of sp³-hybridized carbons (Fsp3) is 0.526. The third-order valence-corrected chi connectivity index (χ3v) is 4.48. The molecule has 1 aromatic rings. The third kappa shape index (κ3) is 7.05. The molecule has 0 radical (unpaired) electrons. The summed E-state index contributed by atoms with van der Waals surface area (Å²) < 4.78 is 0. The van der Waals surface area contributed by atoms with E-state index in [-0.39, 0.29) is 23.2 Å². The number of likely N-dealkylation sites (tertiary alicyclic amines) is 1. The number of hydrogen-bond donors (Lipinski definition) is 3. The second-order valence-electron chi connectivity index (χ2n) is 8.08. The van der Waals surface area contributed by atoms with Crippen LogP contribution in [0.3, 0.4) is 0 Å². The largest absolute Gasteiger partial charge is 0.348 e. The van der Waals surface area contributed by atoms with Gasteiger partial charge in [0.2, 0.25) is 0 Å². The highest BCUT2D eigenvalue weighted by Gasteiger charge is 2.26. The Labute approximate surface area is 169 Å². The smallest absolute Gasteiger partial charge is 0.317 e. The Kier molecular flexibility index (Phi) is 7.13. The lowest BCUT2D eigenvalue weighted by Crippen LogP contribution is -2.51. The Balaban J connectivity index is 1.73. The van der Waals surface area contributed by atoms with E-state index in [1.807, 2.05) is 20.8 Å². The minimum absolute atomic E-state index is 0.0949. The number of benzene rings is 1. The molecule has 29 heavy (non-hydrogen) atoms. The van der Waals surface area contributed by atoms with E-state index in [1.54, 1.807) is 4.90 Å². The number of urea groups is 1. The molecule has 4 amide bonds. The van der Waals surface area contributed by atoms with E-state index < -0.39 is 16.7 Å². The normalized spacial score (nSPS) is 14.8. The lowest BCUT2D eigenvalue weighted by molar-refractivity contribution is -0.384. The molecule has 158 valence electrons. The minimum Gasteiger partial charge on any atom is -0.348 e. The number of piperidine rings is 1. The predicted molar refractivity (Wildman–Crippen MR) is 107 cm³/mol. The van der Waals surface area contributed by atoms with E-state index in [1.165, 1.54) is 24.3 Å². The van der Waals surface area contributed by atoms with E-state index in [0.717, 1.165) is 12.8 Å². The zero-order valence-electron chi connectivity index (χ0n) is 16.9. The number of nitrogens with zero attached hydrogens (tertiary/aromatic N) is 2. The van der Waals surface area contributed by atoms with Crippen molar-refractivity contribution in [3.8, 4) is 0 Å². The van der Waals surface area contributed by atoms with Gasteiger partial charge in [-0.1, -0.05) is 0 Å². The zero-order chi connectivity index (χ0) is 21.6. The number of rotatable bonds is 4. The van der Waals surface area contributed by atoms with Crippen LogP contribution in [0.1, 0.15) is 33.6 Å². The molecule has 0 aromatic heterocycles. The van der Waals surface area contributed by atoms with Crippen LogP contribution in [0.2, 0.25) is 0 Å². The van der Waals surface area contributed by atoms with E-state index in [2.05, 4.69) is 16.0 Å². The molecule has 1 saturated heterocycles. The van der Waals surface area contributed by atoms with Crippen LogP contribution in [-0.4, -0.2) is 52.8 Å². The van der Waals surface area contributed by atoms with Gasteiger partial charge in [0.05, 0.1) is 4.92 Å². The van der Waals surface area contributed by atoms with Crippen LogP contribution in [0, 0.1) is 16.0 Å². The summed E-state index contributed by atoms with van der Waals surface area (Å²) in [6.45, 7) is 7.31. The van der Waals surface area contributed by atoms with Gasteiger partial charge in [-0.15, -0.1) is 0 Å². The topological polar surface area (TPSA) is 134 Å². The number of carbonyl (C=O) groups is 3. The molecular formula is C19H27N5O5. The van der Waals surface area contributed by atoms with Crippen molar-refractivity contribution >= 4 is 29.2 Å². The van der Waals surface area contributed by atoms with Crippen molar-refractivity contribution in [2.45, 2.75) is 39.2 Å². The van der Waals surface area contributed by atoms with Crippen molar-refractivity contribution in [1.29, 1.82) is 0 Å². The third-order valence-electron chi connectivity index (χ3n) is 4.48. The van der Waals surface area contributed by atoms with Crippen molar-refractivity contribution in [3.63, 3.8) is 0 Å². The first-order valence-electron chi connectivity index (χ1n) is 9.46. The van der Waals surface area contributed by atoms with Crippen molar-refractivity contribution in [3.05, 3.63) is 34.4 Å². The molecule has 1 fully saturated rings. The monoisotopic (exact) mass is 405 g/mol. The lowest BCUT2D eigenvalue weighted by Gasteiger charge is -2.34. The van der Waals surface area contributed by atoms with Crippen LogP contribution in [0.5, 0.6) is 0 Å². The molecule has 1 aromatic carbocycles. The summed E-state index contributed by atoms with van der Waals surface area (Å²) in [5.41, 5.74) is -0.0947. The molecule has 0 spiro atoms. The molecule has 0 saturated carbocycles. The van der Waals surface area contributed by atoms with Crippen LogP contribution < -0.4 is 16.0 Å². The average Bonchev–Trinajstić information content (AvgIpc) is 2.65. The van der Waals surface area contributed by atoms with Gasteiger partial charge in [-0.3, -0.25) is 19.7 Å². The Bertz CT molecular complexity index is 764. The van der Waals surface area contributed by atoms with E-state index >= 15 is 0 Å². The van der Waals surface area contributed by atoms with Gasteiger partial charge in [0.1, 0.15) is 0 Å². The second kappa shape index (κ2) is 9.35. The number of hydrogen-bond acceptors (Lipinski definition) is 5. The van der Waals surface area contributed by atoms with Gasteiger partial charge in [-0.25, -0.2) is 4.79 Å². The van der Waals surface area contributed by atoms with Crippen LogP contribution in [0.25, 0.3) is 0 Å². The van der Waals surface area contributed by atoms with E-state index in [4.69, 9.17) is 0 Å². The van der Waals surface area contributed by atoms with Gasteiger partial charge in [-0.2, -0.15) is 0 Å². The maximum absolute atomic E-state index is 12.2. The molecular weight excluding hydrogens is 378 g/mol. The Morgan fingerprint density at radius 1 is 1.10 bits per heavy atom. The first-order chi connectivity index (χ1) is 13.5. The summed E-state index contributed by atoms with van der Waals surface area (Å²) >= 11 is 0. The second-order valence-corrected chi connectivity index (χ2v) is 8.08. The Morgan fingerprint density at radius 2 is 1.69 bits per heavy atom. The van der Waals surface area contributed by atoms with Crippen LogP contribution >= 0.6 is 0 Å². The van der Waals surface area contributed by atoms with Crippen LogP contribution in [0.4, 0.5) is 16.2 Å². The fourth-order valence-corrected chi connectivity index (χ4v) is 2.91. The highest BCUT2D eigenvalue weighted by Crippen LogP contribution is 2.17. The van der Waals surface area contributed by atoms with Gasteiger partial charge >= 0.3 is 17.8 Å². The number of carbonyl (C=O) groups excluding carboxylic acids is 3. The van der Waals surface area contributed by atoms with Gasteiger partial charge in [0.25, 0.3) is 5.69 Å². The highest BCUT2D eigenvalue weighted by molar-refractivity contribution is 6.39. The van der Waals surface area contributed by atoms with Crippen LogP contribution in [0.15, 0.2) is 24.3 Å². The summed E-state index contributed by atoms with van der Waals surface area (Å²) in [6, 6.07) is 5.12. The zero-order valence-corrected chi connectivity index (χ0v) is 16.9. The number of anilines is 1. The maximum atomic E-state index is 12.2. The number of nitro groups is 1. The molecule has 2 rings (SSSR count). The summed E-state index contributed by atoms with van der Waals surface area (Å²) in [4.78, 5) is 47.9. The van der Waals surface area contributed by atoms with E-state index in [9.17, 15) is 24.5 Å². The quantitative estimate of drug-likeness (QED) is 0.399. The summed E-state index contributed by atoms with van der Waals surface area (Å²) in [7, 11) is 0. The molecule has 3 N–H and O–H groups in total. The summed E-state index contributed by atoms with van der Waals surface area (Å²) in [5, 5.41) is 18.6. The molecule has 10 nitrogen and oxygen atoms in total. The molecule has 1 heterocycles. The first-order valence-corrected chi connectivity index (χ1v) is 9.46. The van der Waals surface area contributed by atoms with Gasteiger partial charge in [0, 0.05) is 43.0 Å². The van der Waals surface area contributed by atoms with Crippen LogP contribution in [-0.2, 0) is 9.59 Å². The standard InChI is InChI=1S/C19H27N5O5/c1-19(2,3)22-18(27)23-10-8-13(9-11-23)12-20-16(25)17(26)21-14-4-6-15(7-5-14)24(28)29/h4-7,13H,8-12H2,1-3H3,(H,20,25)(H,21,26)(H,22,27). The van der Waals surface area contributed by atoms with Crippen molar-refractivity contribution < 1.29 is 19.3 Å². The summed E-state index contributed by atoms with van der Waals surface area (Å²) in [6.07, 6.45) is 1.48. The average molecular weight is 405 g/mol. The molecule has 1 aliphatic heterocycles. The number of amides is 4. The number of nitrogens with one attached hydrogen (secondary N) is 3. The van der Waals surface area contributed by atoms with Crippen molar-refractivity contribution in [1.82, 2.24) is 15.5 Å². The molecule has 10 heteroatoms.